The fraction of sp³-hybridized carbons (Fsp3) is 0.458. The van der Waals surface area contributed by atoms with Crippen molar-refractivity contribution in [3.8, 4) is 5.75 Å². The lowest BCUT2D eigenvalue weighted by molar-refractivity contribution is 0.200. The molecule has 7 nitrogen and oxygen atoms in total. The molecular formula is C24H32N6O. The molecule has 1 atom stereocenters. The van der Waals surface area contributed by atoms with Gasteiger partial charge in [-0.15, -0.1) is 0 Å². The average molecular weight is 421 g/mol. The van der Waals surface area contributed by atoms with Gasteiger partial charge in [0.15, 0.2) is 0 Å². The van der Waals surface area contributed by atoms with Crippen LogP contribution in [0.3, 0.4) is 0 Å². The van der Waals surface area contributed by atoms with Gasteiger partial charge in [0.25, 0.3) is 0 Å². The largest absolute Gasteiger partial charge is 0.488 e. The molecule has 0 bridgehead atoms. The van der Waals surface area contributed by atoms with Crippen molar-refractivity contribution in [2.24, 2.45) is 10.7 Å². The molecule has 31 heavy (non-hydrogen) atoms. The minimum atomic E-state index is -0.0184. The lowest BCUT2D eigenvalue weighted by Gasteiger charge is -2.31. The smallest absolute Gasteiger partial charge is 0.132 e. The predicted octanol–water partition coefficient (Wildman–Crippen LogP) is 3.65. The van der Waals surface area contributed by atoms with Crippen LogP contribution in [0.4, 0.5) is 11.5 Å². The van der Waals surface area contributed by atoms with Gasteiger partial charge >= 0.3 is 0 Å². The van der Waals surface area contributed by atoms with E-state index in [0.29, 0.717) is 6.04 Å². The highest BCUT2D eigenvalue weighted by molar-refractivity contribution is 5.70. The molecule has 1 aromatic carbocycles. The van der Waals surface area contributed by atoms with E-state index in [1.54, 1.807) is 18.6 Å². The van der Waals surface area contributed by atoms with Gasteiger partial charge < -0.3 is 21.1 Å². The van der Waals surface area contributed by atoms with Crippen LogP contribution in [0.25, 0.3) is 0 Å². The molecule has 1 unspecified atom stereocenters. The molecule has 2 fully saturated rings. The Morgan fingerprint density at radius 1 is 1.23 bits per heavy atom. The molecule has 2 aliphatic rings. The number of hydrogen-bond acceptors (Lipinski definition) is 7. The lowest BCUT2D eigenvalue weighted by atomic mass is 9.95. The number of nitrogen functional groups attached to an aromatic ring is 1. The Morgan fingerprint density at radius 3 is 2.71 bits per heavy atom. The summed E-state index contributed by atoms with van der Waals surface area (Å²) >= 11 is 0. The molecule has 1 aliphatic heterocycles. The van der Waals surface area contributed by atoms with Gasteiger partial charge in [0, 0.05) is 37.0 Å². The van der Waals surface area contributed by atoms with Crippen LogP contribution < -0.4 is 21.1 Å². The van der Waals surface area contributed by atoms with Crippen LogP contribution in [0.2, 0.25) is 0 Å². The Labute approximate surface area is 184 Å². The monoisotopic (exact) mass is 420 g/mol. The number of nitrogens with zero attached hydrogens (tertiary/aromatic N) is 4. The third-order valence-electron chi connectivity index (χ3n) is 6.24. The van der Waals surface area contributed by atoms with Crippen LogP contribution in [0.5, 0.6) is 5.75 Å². The zero-order valence-electron chi connectivity index (χ0n) is 18.4. The summed E-state index contributed by atoms with van der Waals surface area (Å²) in [6, 6.07) is 8.37. The SMILES string of the molecule is CC(c1cc(N2CCC(N=CC=CN)CC2)ncn1)c1cc(OC2(C)CC2)ccc1N. The third kappa shape index (κ3) is 5.16. The van der Waals surface area contributed by atoms with Crippen molar-refractivity contribution in [1.29, 1.82) is 0 Å². The van der Waals surface area contributed by atoms with Crippen molar-refractivity contribution in [1.82, 2.24) is 9.97 Å². The van der Waals surface area contributed by atoms with Crippen LogP contribution in [0.15, 0.2) is 47.9 Å². The van der Waals surface area contributed by atoms with Crippen LogP contribution in [-0.2, 0) is 0 Å². The molecule has 4 rings (SSSR count). The van der Waals surface area contributed by atoms with Crippen molar-refractivity contribution in [2.45, 2.75) is 57.1 Å². The molecule has 1 aromatic heterocycles. The summed E-state index contributed by atoms with van der Waals surface area (Å²) < 4.78 is 6.14. The second-order valence-electron chi connectivity index (χ2n) is 8.77. The van der Waals surface area contributed by atoms with Crippen LogP contribution in [0, 0.1) is 0 Å². The molecule has 1 saturated carbocycles. The van der Waals surface area contributed by atoms with Gasteiger partial charge in [0.05, 0.1) is 11.7 Å². The first-order valence-electron chi connectivity index (χ1n) is 11.0. The molecule has 164 valence electrons. The van der Waals surface area contributed by atoms with E-state index in [1.807, 2.05) is 12.1 Å². The number of anilines is 2. The number of ether oxygens (including phenoxy) is 1. The highest BCUT2D eigenvalue weighted by Crippen LogP contribution is 2.41. The van der Waals surface area contributed by atoms with E-state index in [2.05, 4.69) is 45.8 Å². The fourth-order valence-electron chi connectivity index (χ4n) is 3.95. The number of benzene rings is 1. The summed E-state index contributed by atoms with van der Waals surface area (Å²) in [5.41, 5.74) is 14.4. The Bertz CT molecular complexity index is 960. The summed E-state index contributed by atoms with van der Waals surface area (Å²) in [4.78, 5) is 15.9. The summed E-state index contributed by atoms with van der Waals surface area (Å²) in [7, 11) is 0. The molecule has 1 aliphatic carbocycles. The van der Waals surface area contributed by atoms with Crippen molar-refractivity contribution < 1.29 is 4.74 Å². The lowest BCUT2D eigenvalue weighted by Crippen LogP contribution is -2.36. The van der Waals surface area contributed by atoms with Crippen molar-refractivity contribution in [2.75, 3.05) is 23.7 Å². The summed E-state index contributed by atoms with van der Waals surface area (Å²) in [6.45, 7) is 6.12. The maximum atomic E-state index is 6.32. The topological polar surface area (TPSA) is 103 Å². The van der Waals surface area contributed by atoms with Crippen molar-refractivity contribution in [3.63, 3.8) is 0 Å². The third-order valence-corrected chi connectivity index (χ3v) is 6.24. The van der Waals surface area contributed by atoms with Gasteiger partial charge in [-0.25, -0.2) is 9.97 Å². The molecule has 0 spiro atoms. The van der Waals surface area contributed by atoms with E-state index >= 15 is 0 Å². The first-order chi connectivity index (χ1) is 15.0. The number of nitrogens with two attached hydrogens (primary N) is 2. The first kappa shape index (κ1) is 21.2. The Kier molecular flexibility index (Phi) is 6.11. The number of rotatable bonds is 7. The van der Waals surface area contributed by atoms with Gasteiger partial charge in [-0.3, -0.25) is 4.99 Å². The quantitative estimate of drug-likeness (QED) is 0.523. The van der Waals surface area contributed by atoms with Gasteiger partial charge in [0.2, 0.25) is 0 Å². The number of aromatic nitrogens is 2. The van der Waals surface area contributed by atoms with Crippen LogP contribution in [-0.4, -0.2) is 40.9 Å². The minimum absolute atomic E-state index is 0.0184. The molecule has 0 radical (unpaired) electrons. The highest BCUT2D eigenvalue weighted by Gasteiger charge is 2.40. The highest BCUT2D eigenvalue weighted by atomic mass is 16.5. The van der Waals surface area contributed by atoms with E-state index in [4.69, 9.17) is 16.2 Å². The number of aliphatic imine (C=N–C) groups is 1. The van der Waals surface area contributed by atoms with E-state index in [0.717, 1.165) is 67.3 Å². The summed E-state index contributed by atoms with van der Waals surface area (Å²) in [5.74, 6) is 1.87. The molecule has 7 heteroatoms. The standard InChI is InChI=1S/C24H32N6O/c1-17(20-14-19(4-5-21(20)26)31-24(2)8-9-24)22-15-23(29-16-28-22)30-12-6-18(7-13-30)27-11-3-10-25/h3-5,10-11,14-18H,6-9,12-13,25-26H2,1-2H3. The zero-order chi connectivity index (χ0) is 21.8. The molecule has 2 aromatic rings. The zero-order valence-corrected chi connectivity index (χ0v) is 18.4. The maximum absolute atomic E-state index is 6.32. The van der Waals surface area contributed by atoms with E-state index in [1.165, 1.54) is 6.20 Å². The number of hydrogen-bond donors (Lipinski definition) is 2. The van der Waals surface area contributed by atoms with Gasteiger partial charge in [-0.05, 0) is 68.6 Å². The van der Waals surface area contributed by atoms with Crippen LogP contribution >= 0.6 is 0 Å². The van der Waals surface area contributed by atoms with Crippen LogP contribution in [0.1, 0.15) is 56.7 Å². The molecular weight excluding hydrogens is 388 g/mol. The predicted molar refractivity (Wildman–Crippen MR) is 126 cm³/mol. The number of piperidine rings is 1. The summed E-state index contributed by atoms with van der Waals surface area (Å²) in [5, 5.41) is 0. The molecule has 4 N–H and O–H groups in total. The number of allylic oxidation sites excluding steroid dienone is 1. The second kappa shape index (κ2) is 8.96. The minimum Gasteiger partial charge on any atom is -0.488 e. The molecule has 2 heterocycles. The van der Waals surface area contributed by atoms with Gasteiger partial charge in [-0.1, -0.05) is 6.92 Å². The Balaban J connectivity index is 1.46. The average Bonchev–Trinajstić information content (AvgIpc) is 3.52. The molecule has 0 amide bonds. The van der Waals surface area contributed by atoms with E-state index in [9.17, 15) is 0 Å². The Hall–Kier alpha value is -3.09. The second-order valence-corrected chi connectivity index (χ2v) is 8.77. The Morgan fingerprint density at radius 2 is 2.00 bits per heavy atom. The van der Waals surface area contributed by atoms with E-state index in [-0.39, 0.29) is 11.5 Å². The van der Waals surface area contributed by atoms with E-state index < -0.39 is 0 Å². The maximum Gasteiger partial charge on any atom is 0.132 e. The van der Waals surface area contributed by atoms with Crippen molar-refractivity contribution in [3.05, 3.63) is 54.1 Å². The van der Waals surface area contributed by atoms with Crippen molar-refractivity contribution >= 4 is 17.7 Å². The summed E-state index contributed by atoms with van der Waals surface area (Å²) in [6.07, 6.45) is 10.9. The normalized spacial score (nSPS) is 19.7. The first-order valence-corrected chi connectivity index (χ1v) is 11.0. The fourth-order valence-corrected chi connectivity index (χ4v) is 3.95. The van der Waals surface area contributed by atoms with Gasteiger partial charge in [0.1, 0.15) is 23.5 Å². The molecule has 1 saturated heterocycles. The van der Waals surface area contributed by atoms with Gasteiger partial charge in [-0.2, -0.15) is 0 Å².